The van der Waals surface area contributed by atoms with E-state index in [0.717, 1.165) is 35.7 Å². The van der Waals surface area contributed by atoms with Crippen molar-refractivity contribution in [3.63, 3.8) is 0 Å². The van der Waals surface area contributed by atoms with E-state index < -0.39 is 0 Å². The van der Waals surface area contributed by atoms with Gasteiger partial charge in [-0.1, -0.05) is 31.0 Å². The molecule has 2 N–H and O–H groups in total. The summed E-state index contributed by atoms with van der Waals surface area (Å²) in [5.74, 6) is -0.277. The summed E-state index contributed by atoms with van der Waals surface area (Å²) < 4.78 is 0.850. The molecule has 21 heavy (non-hydrogen) atoms. The largest absolute Gasteiger partial charge is 0.335 e. The van der Waals surface area contributed by atoms with Crippen molar-refractivity contribution in [2.45, 2.75) is 61.6 Å². The number of aryl methyl sites for hydroxylation is 1. The van der Waals surface area contributed by atoms with Crippen LogP contribution in [-0.4, -0.2) is 28.2 Å². The van der Waals surface area contributed by atoms with Gasteiger partial charge in [0.15, 0.2) is 4.34 Å². The lowest BCUT2D eigenvalue weighted by Gasteiger charge is -2.22. The van der Waals surface area contributed by atoms with Crippen LogP contribution < -0.4 is 10.6 Å². The number of carbonyl (C=O) groups excluding carboxylic acids is 2. The van der Waals surface area contributed by atoms with E-state index in [-0.39, 0.29) is 23.2 Å². The number of imide groups is 1. The minimum absolute atomic E-state index is 0.205. The average Bonchev–Trinajstić information content (AvgIpc) is 2.85. The zero-order valence-electron chi connectivity index (χ0n) is 12.3. The highest BCUT2D eigenvalue weighted by molar-refractivity contribution is 8.02. The molecule has 0 spiro atoms. The number of nitrogens with one attached hydrogen (secondary N) is 2. The van der Waals surface area contributed by atoms with Gasteiger partial charge in [-0.05, 0) is 26.7 Å². The zero-order chi connectivity index (χ0) is 15.2. The minimum Gasteiger partial charge on any atom is -0.335 e. The monoisotopic (exact) mass is 327 g/mol. The Balaban J connectivity index is 1.75. The molecule has 1 aliphatic rings. The SMILES string of the molecule is Cc1csc(SC(C)C(=O)NC(=O)NC2CCCCC2)n1. The van der Waals surface area contributed by atoms with Crippen molar-refractivity contribution in [2.24, 2.45) is 0 Å². The van der Waals surface area contributed by atoms with Gasteiger partial charge in [0.05, 0.1) is 5.25 Å². The maximum atomic E-state index is 12.0. The van der Waals surface area contributed by atoms with Crippen LogP contribution in [0, 0.1) is 6.92 Å². The summed E-state index contributed by atoms with van der Waals surface area (Å²) in [4.78, 5) is 28.1. The Hall–Kier alpha value is -1.08. The van der Waals surface area contributed by atoms with Crippen LogP contribution in [0.1, 0.15) is 44.7 Å². The summed E-state index contributed by atoms with van der Waals surface area (Å²) in [6.45, 7) is 3.70. The predicted octanol–water partition coefficient (Wildman–Crippen LogP) is 3.09. The summed E-state index contributed by atoms with van der Waals surface area (Å²) in [5.41, 5.74) is 0.949. The van der Waals surface area contributed by atoms with Crippen LogP contribution >= 0.6 is 23.1 Å². The van der Waals surface area contributed by atoms with E-state index in [4.69, 9.17) is 0 Å². The summed E-state index contributed by atoms with van der Waals surface area (Å²) in [7, 11) is 0. The summed E-state index contributed by atoms with van der Waals surface area (Å²) in [6, 6.07) is -0.175. The fourth-order valence-corrected chi connectivity index (χ4v) is 4.26. The second-order valence-electron chi connectivity index (χ2n) is 5.31. The molecule has 116 valence electrons. The van der Waals surface area contributed by atoms with Crippen molar-refractivity contribution in [2.75, 3.05) is 0 Å². The summed E-state index contributed by atoms with van der Waals surface area (Å²) >= 11 is 2.89. The average molecular weight is 327 g/mol. The summed E-state index contributed by atoms with van der Waals surface area (Å²) in [6.07, 6.45) is 5.54. The quantitative estimate of drug-likeness (QED) is 0.834. The number of hydrogen-bond donors (Lipinski definition) is 2. The van der Waals surface area contributed by atoms with Crippen molar-refractivity contribution in [3.05, 3.63) is 11.1 Å². The number of thiazole rings is 1. The van der Waals surface area contributed by atoms with E-state index in [1.54, 1.807) is 6.92 Å². The first kappa shape index (κ1) is 16.3. The molecule has 1 saturated carbocycles. The zero-order valence-corrected chi connectivity index (χ0v) is 14.0. The lowest BCUT2D eigenvalue weighted by atomic mass is 9.96. The number of thioether (sulfide) groups is 1. The van der Waals surface area contributed by atoms with Crippen LogP contribution in [0.3, 0.4) is 0 Å². The number of rotatable bonds is 4. The molecular formula is C14H21N3O2S2. The molecule has 3 amide bonds. The second-order valence-corrected chi connectivity index (χ2v) is 7.76. The first-order valence-electron chi connectivity index (χ1n) is 7.24. The van der Waals surface area contributed by atoms with Gasteiger partial charge < -0.3 is 5.32 Å². The van der Waals surface area contributed by atoms with Crippen LogP contribution in [0.4, 0.5) is 4.79 Å². The van der Waals surface area contributed by atoms with E-state index in [1.807, 2.05) is 12.3 Å². The number of amides is 3. The molecule has 0 bridgehead atoms. The van der Waals surface area contributed by atoms with E-state index in [9.17, 15) is 9.59 Å². The topological polar surface area (TPSA) is 71.1 Å². The number of nitrogens with zero attached hydrogens (tertiary/aromatic N) is 1. The van der Waals surface area contributed by atoms with Crippen molar-refractivity contribution in [1.82, 2.24) is 15.6 Å². The molecule has 0 radical (unpaired) electrons. The summed E-state index contributed by atoms with van der Waals surface area (Å²) in [5, 5.41) is 6.91. The first-order chi connectivity index (χ1) is 10.0. The standard InChI is InChI=1S/C14H21N3O2S2/c1-9-8-20-14(15-9)21-10(2)12(18)17-13(19)16-11-6-4-3-5-7-11/h8,10-11H,3-7H2,1-2H3,(H2,16,17,18,19). The van der Waals surface area contributed by atoms with Gasteiger partial charge >= 0.3 is 6.03 Å². The molecule has 1 aliphatic carbocycles. The van der Waals surface area contributed by atoms with Crippen LogP contribution in [0.5, 0.6) is 0 Å². The van der Waals surface area contributed by atoms with E-state index in [2.05, 4.69) is 15.6 Å². The van der Waals surface area contributed by atoms with E-state index in [0.29, 0.717) is 0 Å². The lowest BCUT2D eigenvalue weighted by molar-refractivity contribution is -0.119. The van der Waals surface area contributed by atoms with E-state index >= 15 is 0 Å². The van der Waals surface area contributed by atoms with Gasteiger partial charge in [-0.15, -0.1) is 11.3 Å². The van der Waals surface area contributed by atoms with Crippen LogP contribution in [0.15, 0.2) is 9.72 Å². The Kier molecular flexibility index (Phi) is 6.05. The van der Waals surface area contributed by atoms with Gasteiger partial charge in [-0.3, -0.25) is 10.1 Å². The molecule has 0 saturated heterocycles. The van der Waals surface area contributed by atoms with E-state index in [1.165, 1.54) is 29.5 Å². The fraction of sp³-hybridized carbons (Fsp3) is 0.643. The Labute approximate surface area is 133 Å². The van der Waals surface area contributed by atoms with Crippen molar-refractivity contribution < 1.29 is 9.59 Å². The third kappa shape index (κ3) is 5.32. The molecule has 1 aromatic rings. The Bertz CT molecular complexity index is 498. The van der Waals surface area contributed by atoms with Crippen molar-refractivity contribution in [3.8, 4) is 0 Å². The van der Waals surface area contributed by atoms with Gasteiger partial charge in [0, 0.05) is 17.1 Å². The lowest BCUT2D eigenvalue weighted by Crippen LogP contribution is -2.47. The number of hydrogen-bond acceptors (Lipinski definition) is 5. The van der Waals surface area contributed by atoms with Gasteiger partial charge in [0.1, 0.15) is 0 Å². The van der Waals surface area contributed by atoms with Crippen LogP contribution in [-0.2, 0) is 4.79 Å². The van der Waals surface area contributed by atoms with Crippen LogP contribution in [0.2, 0.25) is 0 Å². The second kappa shape index (κ2) is 7.79. The molecule has 5 nitrogen and oxygen atoms in total. The molecule has 0 aromatic carbocycles. The highest BCUT2D eigenvalue weighted by Gasteiger charge is 2.21. The maximum Gasteiger partial charge on any atom is 0.321 e. The molecule has 7 heteroatoms. The fourth-order valence-electron chi connectivity index (χ4n) is 2.27. The maximum absolute atomic E-state index is 12.0. The van der Waals surface area contributed by atoms with Crippen molar-refractivity contribution in [1.29, 1.82) is 0 Å². The van der Waals surface area contributed by atoms with Gasteiger partial charge in [0.25, 0.3) is 0 Å². The third-order valence-electron chi connectivity index (χ3n) is 3.42. The minimum atomic E-state index is -0.380. The molecule has 1 aromatic heterocycles. The molecular weight excluding hydrogens is 306 g/mol. The molecule has 2 rings (SSSR count). The normalized spacial score (nSPS) is 17.2. The van der Waals surface area contributed by atoms with Crippen molar-refractivity contribution >= 4 is 35.0 Å². The third-order valence-corrected chi connectivity index (χ3v) is 5.61. The molecule has 1 fully saturated rings. The highest BCUT2D eigenvalue weighted by atomic mass is 32.2. The highest BCUT2D eigenvalue weighted by Crippen LogP contribution is 2.26. The molecule has 0 aliphatic heterocycles. The molecule has 1 heterocycles. The Morgan fingerprint density at radius 1 is 1.38 bits per heavy atom. The Morgan fingerprint density at radius 2 is 2.10 bits per heavy atom. The van der Waals surface area contributed by atoms with Gasteiger partial charge in [0.2, 0.25) is 5.91 Å². The van der Waals surface area contributed by atoms with Gasteiger partial charge in [-0.25, -0.2) is 9.78 Å². The smallest absolute Gasteiger partial charge is 0.321 e. The number of carbonyl (C=O) groups is 2. The predicted molar refractivity (Wildman–Crippen MR) is 85.7 cm³/mol. The molecule has 1 atom stereocenters. The first-order valence-corrected chi connectivity index (χ1v) is 9.00. The van der Waals surface area contributed by atoms with Gasteiger partial charge in [-0.2, -0.15) is 0 Å². The van der Waals surface area contributed by atoms with Crippen LogP contribution in [0.25, 0.3) is 0 Å². The Morgan fingerprint density at radius 3 is 2.71 bits per heavy atom. The number of aromatic nitrogens is 1. The molecule has 1 unspecified atom stereocenters. The number of urea groups is 1.